The molecule has 1 N–H and O–H groups in total. The Balaban J connectivity index is 1.71. The van der Waals surface area contributed by atoms with Gasteiger partial charge in [0.05, 0.1) is 22.1 Å². The van der Waals surface area contributed by atoms with E-state index in [1.54, 1.807) is 31.2 Å². The molecular weight excluding hydrogens is 374 g/mol. The van der Waals surface area contributed by atoms with Gasteiger partial charge in [0.1, 0.15) is 6.54 Å². The number of hydrogen-bond acceptors (Lipinski definition) is 5. The fourth-order valence-corrected chi connectivity index (χ4v) is 2.93. The van der Waals surface area contributed by atoms with Crippen LogP contribution in [0.5, 0.6) is 0 Å². The van der Waals surface area contributed by atoms with Crippen molar-refractivity contribution in [2.45, 2.75) is 13.0 Å². The minimum absolute atomic E-state index is 0.0455. The molecule has 0 bridgehead atoms. The highest BCUT2D eigenvalue weighted by atomic mass is 35.5. The van der Waals surface area contributed by atoms with E-state index in [0.29, 0.717) is 5.02 Å². The van der Waals surface area contributed by atoms with Gasteiger partial charge in [-0.2, -0.15) is 0 Å². The Kier molecular flexibility index (Phi) is 4.91. The van der Waals surface area contributed by atoms with E-state index in [1.165, 1.54) is 6.07 Å². The maximum Gasteiger partial charge on any atom is 0.270 e. The number of nitrogens with one attached hydrogen (secondary N) is 1. The van der Waals surface area contributed by atoms with Gasteiger partial charge in [0.2, 0.25) is 5.91 Å². The summed E-state index contributed by atoms with van der Waals surface area (Å²) in [6, 6.07) is 9.96. The average Bonchev–Trinajstić information content (AvgIpc) is 2.86. The Morgan fingerprint density at radius 2 is 1.78 bits per heavy atom. The number of fused-ring (bicyclic) bond motifs is 1. The fraction of sp³-hybridized carbons (Fsp3) is 0.167. The van der Waals surface area contributed by atoms with E-state index in [9.17, 15) is 24.5 Å². The normalized spacial score (nSPS) is 14.1. The monoisotopic (exact) mass is 387 g/mol. The van der Waals surface area contributed by atoms with Gasteiger partial charge in [0, 0.05) is 17.2 Å². The number of rotatable bonds is 5. The molecule has 138 valence electrons. The summed E-state index contributed by atoms with van der Waals surface area (Å²) in [5.41, 5.74) is 0.486. The van der Waals surface area contributed by atoms with Crippen molar-refractivity contribution in [3.63, 3.8) is 0 Å². The zero-order valence-corrected chi connectivity index (χ0v) is 14.9. The standard InChI is InChI=1S/C18H14ClN3O5/c1-10(11-2-4-12(19)5-3-11)20-16(23)9-21-17(24)14-7-6-13(22(26)27)8-15(14)18(21)25/h2-8,10H,9H2,1H3,(H,20,23). The number of carbonyl (C=O) groups is 3. The maximum absolute atomic E-state index is 12.4. The van der Waals surface area contributed by atoms with Gasteiger partial charge >= 0.3 is 0 Å². The second kappa shape index (κ2) is 7.16. The van der Waals surface area contributed by atoms with Crippen LogP contribution in [0.15, 0.2) is 42.5 Å². The van der Waals surface area contributed by atoms with Crippen LogP contribution in [0, 0.1) is 10.1 Å². The zero-order chi connectivity index (χ0) is 19.7. The van der Waals surface area contributed by atoms with Crippen LogP contribution in [0.25, 0.3) is 0 Å². The highest BCUT2D eigenvalue weighted by molar-refractivity contribution is 6.30. The van der Waals surface area contributed by atoms with E-state index < -0.39 is 29.2 Å². The molecule has 27 heavy (non-hydrogen) atoms. The lowest BCUT2D eigenvalue weighted by Gasteiger charge is -2.18. The quantitative estimate of drug-likeness (QED) is 0.482. The van der Waals surface area contributed by atoms with Crippen molar-refractivity contribution in [3.05, 3.63) is 74.3 Å². The zero-order valence-electron chi connectivity index (χ0n) is 14.1. The fourth-order valence-electron chi connectivity index (χ4n) is 2.80. The lowest BCUT2D eigenvalue weighted by molar-refractivity contribution is -0.384. The van der Waals surface area contributed by atoms with Crippen LogP contribution in [0.4, 0.5) is 5.69 Å². The molecule has 2 aromatic rings. The lowest BCUT2D eigenvalue weighted by atomic mass is 10.1. The van der Waals surface area contributed by atoms with Crippen molar-refractivity contribution in [1.82, 2.24) is 10.2 Å². The van der Waals surface area contributed by atoms with Crippen molar-refractivity contribution in [2.24, 2.45) is 0 Å². The third-order valence-corrected chi connectivity index (χ3v) is 4.47. The largest absolute Gasteiger partial charge is 0.348 e. The van der Waals surface area contributed by atoms with Gasteiger partial charge in [-0.25, -0.2) is 0 Å². The van der Waals surface area contributed by atoms with Crippen molar-refractivity contribution in [2.75, 3.05) is 6.54 Å². The van der Waals surface area contributed by atoms with Gasteiger partial charge in [-0.05, 0) is 30.7 Å². The van der Waals surface area contributed by atoms with E-state index in [0.717, 1.165) is 22.6 Å². The number of imide groups is 1. The molecule has 1 unspecified atom stereocenters. The molecule has 8 nitrogen and oxygen atoms in total. The van der Waals surface area contributed by atoms with Crippen molar-refractivity contribution in [3.8, 4) is 0 Å². The van der Waals surface area contributed by atoms with E-state index in [-0.39, 0.29) is 22.9 Å². The highest BCUT2D eigenvalue weighted by Gasteiger charge is 2.37. The van der Waals surface area contributed by atoms with E-state index in [4.69, 9.17) is 11.6 Å². The molecule has 1 aliphatic heterocycles. The Morgan fingerprint density at radius 1 is 1.15 bits per heavy atom. The number of halogens is 1. The molecule has 1 heterocycles. The van der Waals surface area contributed by atoms with Gasteiger partial charge in [-0.3, -0.25) is 29.4 Å². The summed E-state index contributed by atoms with van der Waals surface area (Å²) in [5, 5.41) is 14.1. The van der Waals surface area contributed by atoms with Gasteiger partial charge in [0.15, 0.2) is 0 Å². The molecule has 0 saturated carbocycles. The molecule has 3 amide bonds. The molecule has 0 fully saturated rings. The van der Waals surface area contributed by atoms with Gasteiger partial charge in [-0.15, -0.1) is 0 Å². The molecule has 0 radical (unpaired) electrons. The maximum atomic E-state index is 12.4. The topological polar surface area (TPSA) is 110 Å². The number of amides is 3. The first-order valence-electron chi connectivity index (χ1n) is 7.97. The van der Waals surface area contributed by atoms with Crippen molar-refractivity contribution >= 4 is 35.0 Å². The summed E-state index contributed by atoms with van der Waals surface area (Å²) in [6.45, 7) is 1.28. The summed E-state index contributed by atoms with van der Waals surface area (Å²) >= 11 is 5.83. The molecule has 0 saturated heterocycles. The molecule has 0 spiro atoms. The molecule has 3 rings (SSSR count). The first-order valence-corrected chi connectivity index (χ1v) is 8.35. The Morgan fingerprint density at radius 3 is 2.41 bits per heavy atom. The lowest BCUT2D eigenvalue weighted by Crippen LogP contribution is -2.41. The Labute approximate surface area is 158 Å². The number of nitro benzene ring substituents is 1. The Bertz CT molecular complexity index is 958. The van der Waals surface area contributed by atoms with Crippen LogP contribution in [0.1, 0.15) is 39.2 Å². The number of benzene rings is 2. The smallest absolute Gasteiger partial charge is 0.270 e. The molecule has 1 atom stereocenters. The summed E-state index contributed by atoms with van der Waals surface area (Å²) in [6.07, 6.45) is 0. The van der Waals surface area contributed by atoms with E-state index >= 15 is 0 Å². The van der Waals surface area contributed by atoms with Crippen LogP contribution in [0.2, 0.25) is 5.02 Å². The Hall–Kier alpha value is -3.26. The van der Waals surface area contributed by atoms with Gasteiger partial charge in [0.25, 0.3) is 17.5 Å². The highest BCUT2D eigenvalue weighted by Crippen LogP contribution is 2.26. The molecule has 2 aromatic carbocycles. The predicted molar refractivity (Wildman–Crippen MR) is 96.5 cm³/mol. The summed E-state index contributed by atoms with van der Waals surface area (Å²) in [7, 11) is 0. The minimum Gasteiger partial charge on any atom is -0.348 e. The molecule has 0 aromatic heterocycles. The number of hydrogen-bond donors (Lipinski definition) is 1. The second-order valence-electron chi connectivity index (χ2n) is 6.02. The SMILES string of the molecule is CC(NC(=O)CN1C(=O)c2ccc([N+](=O)[O-])cc2C1=O)c1ccc(Cl)cc1. The molecule has 0 aliphatic carbocycles. The van der Waals surface area contributed by atoms with Gasteiger partial charge in [-0.1, -0.05) is 23.7 Å². The van der Waals surface area contributed by atoms with Crippen LogP contribution in [-0.2, 0) is 4.79 Å². The predicted octanol–water partition coefficient (Wildman–Crippen LogP) is 2.72. The molecule has 9 heteroatoms. The van der Waals surface area contributed by atoms with Crippen LogP contribution in [-0.4, -0.2) is 34.1 Å². The minimum atomic E-state index is -0.729. The summed E-state index contributed by atoms with van der Waals surface area (Å²) in [5.74, 6) is -1.91. The third-order valence-electron chi connectivity index (χ3n) is 4.21. The second-order valence-corrected chi connectivity index (χ2v) is 6.46. The third kappa shape index (κ3) is 3.65. The molecule has 1 aliphatic rings. The van der Waals surface area contributed by atoms with E-state index in [1.807, 2.05) is 0 Å². The van der Waals surface area contributed by atoms with E-state index in [2.05, 4.69) is 5.32 Å². The average molecular weight is 388 g/mol. The van der Waals surface area contributed by atoms with Crippen molar-refractivity contribution < 1.29 is 19.3 Å². The molecular formula is C18H14ClN3O5. The first kappa shape index (κ1) is 18.5. The van der Waals surface area contributed by atoms with Crippen LogP contribution >= 0.6 is 11.6 Å². The number of nitrogens with zero attached hydrogens (tertiary/aromatic N) is 2. The summed E-state index contributed by atoms with van der Waals surface area (Å²) < 4.78 is 0. The number of non-ortho nitro benzene ring substituents is 1. The summed E-state index contributed by atoms with van der Waals surface area (Å²) in [4.78, 5) is 48.0. The van der Waals surface area contributed by atoms with Crippen LogP contribution < -0.4 is 5.32 Å². The van der Waals surface area contributed by atoms with Crippen LogP contribution in [0.3, 0.4) is 0 Å². The first-order chi connectivity index (χ1) is 12.8. The number of carbonyl (C=O) groups excluding carboxylic acids is 3. The van der Waals surface area contributed by atoms with Gasteiger partial charge < -0.3 is 5.32 Å². The van der Waals surface area contributed by atoms with Crippen molar-refractivity contribution in [1.29, 1.82) is 0 Å². The number of nitro groups is 1.